The number of benzene rings is 5. The zero-order valence-corrected chi connectivity index (χ0v) is 17.5. The smallest absolute Gasteiger partial charge is 0.0640 e. The van der Waals surface area contributed by atoms with Gasteiger partial charge in [-0.15, -0.1) is 0 Å². The van der Waals surface area contributed by atoms with E-state index in [0.717, 1.165) is 12.6 Å². The van der Waals surface area contributed by atoms with Gasteiger partial charge >= 0.3 is 0 Å². The van der Waals surface area contributed by atoms with Crippen molar-refractivity contribution < 1.29 is 0 Å². The highest BCUT2D eigenvalue weighted by Gasteiger charge is 2.29. The molecule has 0 aliphatic carbocycles. The minimum absolute atomic E-state index is 0.451. The van der Waals surface area contributed by atoms with E-state index in [1.807, 2.05) is 0 Å². The molecule has 1 heteroatoms. The molecule has 1 aliphatic rings. The Bertz CT molecular complexity index is 1270. The van der Waals surface area contributed by atoms with E-state index in [2.05, 4.69) is 115 Å². The second kappa shape index (κ2) is 7.59. The Morgan fingerprint density at radius 3 is 1.45 bits per heavy atom. The summed E-state index contributed by atoms with van der Waals surface area (Å²) in [7, 11) is 0. The first-order valence-corrected chi connectivity index (χ1v) is 11.1. The number of rotatable bonds is 3. The first-order valence-electron chi connectivity index (χ1n) is 11.1. The molecule has 1 aliphatic heterocycles. The fourth-order valence-electron chi connectivity index (χ4n) is 5.39. The van der Waals surface area contributed by atoms with Crippen LogP contribution < -0.4 is 5.46 Å². The Labute approximate surface area is 184 Å². The first-order chi connectivity index (χ1) is 15.4. The van der Waals surface area contributed by atoms with Gasteiger partial charge in [0.25, 0.3) is 0 Å². The van der Waals surface area contributed by atoms with Crippen molar-refractivity contribution in [1.29, 1.82) is 0 Å². The van der Waals surface area contributed by atoms with Crippen LogP contribution in [0.1, 0.15) is 11.1 Å². The molecule has 0 unspecified atom stereocenters. The lowest BCUT2D eigenvalue weighted by atomic mass is 9.35. The van der Waals surface area contributed by atoms with Crippen molar-refractivity contribution in [3.63, 3.8) is 0 Å². The highest BCUT2D eigenvalue weighted by Crippen LogP contribution is 2.32. The van der Waals surface area contributed by atoms with E-state index >= 15 is 0 Å². The van der Waals surface area contributed by atoms with E-state index in [-0.39, 0.29) is 0 Å². The third kappa shape index (κ3) is 3.18. The summed E-state index contributed by atoms with van der Waals surface area (Å²) in [6.45, 7) is 0.451. The van der Waals surface area contributed by atoms with E-state index < -0.39 is 0 Å². The Kier molecular flexibility index (Phi) is 4.46. The standard InChI is InChI=1S/C30H23B/c1-3-10-22(11-4-1)27-18-9-19-28(23-12-5-2-6-13-23)30(27)31-20-25-16-7-14-24-15-8-17-26(21-31)29(24)25/h1-19H,20-21H2. The topological polar surface area (TPSA) is 0 Å². The van der Waals surface area contributed by atoms with Crippen molar-refractivity contribution in [2.24, 2.45) is 0 Å². The largest absolute Gasteiger partial charge is 0.186 e. The molecular formula is C30H23B. The minimum atomic E-state index is 0.451. The predicted octanol–water partition coefficient (Wildman–Crippen LogP) is 6.75. The molecule has 5 aromatic rings. The normalized spacial score (nSPS) is 12.8. The highest BCUT2D eigenvalue weighted by atomic mass is 14.2. The predicted molar refractivity (Wildman–Crippen MR) is 134 cm³/mol. The van der Waals surface area contributed by atoms with Crippen LogP contribution in [0.5, 0.6) is 0 Å². The molecule has 6 rings (SSSR count). The van der Waals surface area contributed by atoms with Gasteiger partial charge in [0.15, 0.2) is 6.71 Å². The summed E-state index contributed by atoms with van der Waals surface area (Å²) in [6.07, 6.45) is 2.16. The van der Waals surface area contributed by atoms with Crippen LogP contribution in [-0.2, 0) is 12.6 Å². The van der Waals surface area contributed by atoms with E-state index in [9.17, 15) is 0 Å². The van der Waals surface area contributed by atoms with Gasteiger partial charge in [0, 0.05) is 0 Å². The fourth-order valence-corrected chi connectivity index (χ4v) is 5.39. The van der Waals surface area contributed by atoms with Gasteiger partial charge in [0.1, 0.15) is 0 Å². The minimum Gasteiger partial charge on any atom is -0.0640 e. The van der Waals surface area contributed by atoms with Gasteiger partial charge in [-0.25, -0.2) is 0 Å². The van der Waals surface area contributed by atoms with Crippen LogP contribution in [0.15, 0.2) is 115 Å². The van der Waals surface area contributed by atoms with Crippen LogP contribution in [0.2, 0.25) is 0 Å². The van der Waals surface area contributed by atoms with Crippen LogP contribution >= 0.6 is 0 Å². The molecule has 146 valence electrons. The summed E-state index contributed by atoms with van der Waals surface area (Å²) < 4.78 is 0. The van der Waals surface area contributed by atoms with E-state index in [0.29, 0.717) is 6.71 Å². The lowest BCUT2D eigenvalue weighted by molar-refractivity contribution is 1.25. The van der Waals surface area contributed by atoms with Gasteiger partial charge in [-0.2, -0.15) is 0 Å². The lowest BCUT2D eigenvalue weighted by Gasteiger charge is -2.27. The zero-order valence-electron chi connectivity index (χ0n) is 17.5. The molecule has 0 bridgehead atoms. The second-order valence-corrected chi connectivity index (χ2v) is 8.54. The molecule has 0 atom stereocenters. The molecule has 0 saturated heterocycles. The zero-order chi connectivity index (χ0) is 20.6. The SMILES string of the molecule is c1ccc(-c2cccc(-c3ccccc3)c2B2Cc3cccc4cccc(c34)C2)cc1. The van der Waals surface area contributed by atoms with Crippen LogP contribution in [0.3, 0.4) is 0 Å². The molecule has 0 amide bonds. The Hall–Kier alpha value is -3.58. The Balaban J connectivity index is 1.57. The third-order valence-corrected chi connectivity index (χ3v) is 6.69. The van der Waals surface area contributed by atoms with Crippen molar-refractivity contribution in [3.8, 4) is 22.3 Å². The molecule has 0 aromatic heterocycles. The molecular weight excluding hydrogens is 371 g/mol. The fraction of sp³-hybridized carbons (Fsp3) is 0.0667. The monoisotopic (exact) mass is 394 g/mol. The maximum atomic E-state index is 2.32. The van der Waals surface area contributed by atoms with Crippen molar-refractivity contribution in [1.82, 2.24) is 0 Å². The molecule has 0 nitrogen and oxygen atoms in total. The summed E-state index contributed by atoms with van der Waals surface area (Å²) >= 11 is 0. The van der Waals surface area contributed by atoms with Gasteiger partial charge in [-0.05, 0) is 56.8 Å². The summed E-state index contributed by atoms with van der Waals surface area (Å²) in [4.78, 5) is 0. The Morgan fingerprint density at radius 1 is 0.452 bits per heavy atom. The molecule has 0 radical (unpaired) electrons. The molecule has 0 fully saturated rings. The van der Waals surface area contributed by atoms with Crippen molar-refractivity contribution >= 4 is 22.9 Å². The Morgan fingerprint density at radius 2 is 0.935 bits per heavy atom. The summed E-state index contributed by atoms with van der Waals surface area (Å²) in [5, 5.41) is 2.84. The van der Waals surface area contributed by atoms with Crippen molar-refractivity contribution in [2.45, 2.75) is 12.6 Å². The van der Waals surface area contributed by atoms with Crippen molar-refractivity contribution in [3.05, 3.63) is 126 Å². The van der Waals surface area contributed by atoms with Gasteiger partial charge < -0.3 is 0 Å². The number of hydrogen-bond acceptors (Lipinski definition) is 0. The maximum absolute atomic E-state index is 2.32. The maximum Gasteiger partial charge on any atom is 0.186 e. The molecule has 0 N–H and O–H groups in total. The van der Waals surface area contributed by atoms with Gasteiger partial charge in [-0.3, -0.25) is 0 Å². The van der Waals surface area contributed by atoms with Crippen LogP contribution in [0.25, 0.3) is 33.0 Å². The van der Waals surface area contributed by atoms with Gasteiger partial charge in [0.05, 0.1) is 0 Å². The molecule has 0 spiro atoms. The van der Waals surface area contributed by atoms with Gasteiger partial charge in [0.2, 0.25) is 0 Å². The summed E-state index contributed by atoms with van der Waals surface area (Å²) in [5.41, 5.74) is 9.75. The van der Waals surface area contributed by atoms with E-state index in [1.54, 1.807) is 0 Å². The molecule has 1 heterocycles. The summed E-state index contributed by atoms with van der Waals surface area (Å²) in [5.74, 6) is 0. The van der Waals surface area contributed by atoms with Crippen molar-refractivity contribution in [2.75, 3.05) is 0 Å². The van der Waals surface area contributed by atoms with Crippen LogP contribution in [0.4, 0.5) is 0 Å². The van der Waals surface area contributed by atoms with Crippen LogP contribution in [-0.4, -0.2) is 6.71 Å². The quantitative estimate of drug-likeness (QED) is 0.297. The first kappa shape index (κ1) is 18.2. The van der Waals surface area contributed by atoms with Gasteiger partial charge in [-0.1, -0.05) is 121 Å². The lowest BCUT2D eigenvalue weighted by Crippen LogP contribution is -2.40. The average Bonchev–Trinajstić information content (AvgIpc) is 2.85. The second-order valence-electron chi connectivity index (χ2n) is 8.54. The van der Waals surface area contributed by atoms with Crippen LogP contribution in [0, 0.1) is 0 Å². The molecule has 5 aromatic carbocycles. The highest BCUT2D eigenvalue weighted by molar-refractivity contribution is 6.75. The number of hydrogen-bond donors (Lipinski definition) is 0. The van der Waals surface area contributed by atoms with E-state index in [4.69, 9.17) is 0 Å². The van der Waals surface area contributed by atoms with E-state index in [1.165, 1.54) is 49.6 Å². The molecule has 0 saturated carbocycles. The average molecular weight is 394 g/mol. The summed E-state index contributed by atoms with van der Waals surface area (Å²) in [6, 6.07) is 42.1. The third-order valence-electron chi connectivity index (χ3n) is 6.69. The molecule has 31 heavy (non-hydrogen) atoms.